The molecule has 0 unspecified atom stereocenters. The average molecular weight is 863 g/mol. The van der Waals surface area contributed by atoms with Crippen molar-refractivity contribution in [1.82, 2.24) is 0 Å². The summed E-state index contributed by atoms with van der Waals surface area (Å²) in [6.07, 6.45) is 0. The van der Waals surface area contributed by atoms with Crippen LogP contribution in [0.3, 0.4) is 0 Å². The summed E-state index contributed by atoms with van der Waals surface area (Å²) in [5, 5.41) is 2.40. The van der Waals surface area contributed by atoms with Crippen molar-refractivity contribution in [3.8, 4) is 0 Å². The fourth-order valence-corrected chi connectivity index (χ4v) is 102. The van der Waals surface area contributed by atoms with Gasteiger partial charge in [0.25, 0.3) is 0 Å². The van der Waals surface area contributed by atoms with Crippen LogP contribution in [0.4, 0.5) is 0 Å². The third-order valence-electron chi connectivity index (χ3n) is 9.61. The molecule has 0 N–H and O–H groups in total. The molecule has 0 aliphatic heterocycles. The van der Waals surface area contributed by atoms with E-state index in [-0.39, 0.29) is 0 Å². The second kappa shape index (κ2) is 14.0. The summed E-state index contributed by atoms with van der Waals surface area (Å²) in [6.45, 7) is 65.2. The van der Waals surface area contributed by atoms with E-state index in [0.29, 0.717) is 0 Å². The summed E-state index contributed by atoms with van der Waals surface area (Å²) in [7, 11) is -11.8. The third kappa shape index (κ3) is 11.0. The van der Waals surface area contributed by atoms with E-state index < -0.39 is 76.5 Å². The Morgan fingerprint density at radius 1 is 0.386 bits per heavy atom. The minimum atomic E-state index is -1.82. The second-order valence-electron chi connectivity index (χ2n) is 23.1. The Labute approximate surface area is 297 Å². The summed E-state index contributed by atoms with van der Waals surface area (Å²) in [4.78, 5) is 0. The van der Waals surface area contributed by atoms with Gasteiger partial charge >= 0.3 is 300 Å². The van der Waals surface area contributed by atoms with Crippen LogP contribution in [0.5, 0.6) is 0 Å². The normalized spacial score (nSPS) is 15.3. The molecule has 0 amide bonds. The van der Waals surface area contributed by atoms with Crippen LogP contribution in [0.2, 0.25) is 161 Å². The molecule has 10 heteroatoms. The Morgan fingerprint density at radius 3 is 0.795 bits per heavy atom. The predicted molar refractivity (Wildman–Crippen MR) is 236 cm³/mol. The summed E-state index contributed by atoms with van der Waals surface area (Å²) in [6, 6.07) is 5.92. The van der Waals surface area contributed by atoms with E-state index in [1.165, 1.54) is 0 Å². The fourth-order valence-electron chi connectivity index (χ4n) is 10.6. The molecule has 44 heavy (non-hydrogen) atoms. The van der Waals surface area contributed by atoms with Gasteiger partial charge in [-0.1, -0.05) is 0 Å². The number of rotatable bonds is 13. The molecule has 0 spiro atoms. The SMILES string of the molecule is C[Si](C)(C)C(c1cc(C([Si](C)(C)C)[Si](C)(C)C)[c]([Ge](=[Se])[CH]([Si](C)(C)C)[Si](C)(C)C)c(C([Si](C)(C)C)[Si](C)(C)C)c1)[Si](C)(C)C. The standard InChI is InChI=1S/C34H78GeSeSi8/c1-37(2,3)31(38(4,5)6)27-25-28(32(39(7,8)9)40(10,11)12)30(35(36)34(43(19,20)21)44(22,23)24)29(26-27)33(41(13,14)15)42(16,17)18/h25-26,31-34H,1-24H3. The first kappa shape index (κ1) is 44.0. The van der Waals surface area contributed by atoms with Gasteiger partial charge in [-0.3, -0.25) is 0 Å². The molecule has 0 saturated heterocycles. The van der Waals surface area contributed by atoms with E-state index in [1.807, 2.05) is 15.5 Å². The van der Waals surface area contributed by atoms with Gasteiger partial charge in [0.1, 0.15) is 0 Å². The van der Waals surface area contributed by atoms with Crippen molar-refractivity contribution < 1.29 is 0 Å². The van der Waals surface area contributed by atoms with Crippen molar-refractivity contribution in [1.29, 1.82) is 0 Å². The molecule has 0 saturated carbocycles. The molecule has 1 aromatic carbocycles. The first-order valence-electron chi connectivity index (χ1n) is 17.6. The van der Waals surface area contributed by atoms with Crippen LogP contribution < -0.4 is 4.40 Å². The van der Waals surface area contributed by atoms with Gasteiger partial charge in [0.2, 0.25) is 0 Å². The molecule has 0 nitrogen and oxygen atoms in total. The van der Waals surface area contributed by atoms with E-state index in [1.54, 1.807) is 5.56 Å². The first-order chi connectivity index (χ1) is 18.9. The van der Waals surface area contributed by atoms with Gasteiger partial charge in [-0.15, -0.1) is 0 Å². The molecule has 1 aromatic rings. The predicted octanol–water partition coefficient (Wildman–Crippen LogP) is 11.7. The molecule has 256 valence electrons. The van der Waals surface area contributed by atoms with Gasteiger partial charge in [-0.2, -0.15) is 0 Å². The molecule has 0 radical (unpaired) electrons. The first-order valence-corrected chi connectivity index (χ1v) is 53.8. The van der Waals surface area contributed by atoms with E-state index in [2.05, 4.69) is 183 Å². The van der Waals surface area contributed by atoms with E-state index in [4.69, 9.17) is 0 Å². The Balaban J connectivity index is 4.91. The Hall–Kier alpha value is 2.02. The van der Waals surface area contributed by atoms with Gasteiger partial charge in [-0.25, -0.2) is 0 Å². The van der Waals surface area contributed by atoms with Crippen LogP contribution in [0.25, 0.3) is 0 Å². The van der Waals surface area contributed by atoms with Crippen LogP contribution in [0.1, 0.15) is 32.2 Å². The van der Waals surface area contributed by atoms with Crippen molar-refractivity contribution >= 4 is 94.5 Å². The zero-order chi connectivity index (χ0) is 35.6. The maximum absolute atomic E-state index is 4.23. The zero-order valence-corrected chi connectivity index (χ0v) is 46.2. The average Bonchev–Trinajstić information content (AvgIpc) is 2.57. The molecule has 0 aliphatic rings. The molecule has 0 bridgehead atoms. The molecule has 0 aromatic heterocycles. The van der Waals surface area contributed by atoms with Gasteiger partial charge < -0.3 is 0 Å². The third-order valence-corrected chi connectivity index (χ3v) is 73.1. The van der Waals surface area contributed by atoms with E-state index >= 15 is 0 Å². The van der Waals surface area contributed by atoms with E-state index in [0.717, 1.165) is 19.5 Å². The quantitative estimate of drug-likeness (QED) is 0.173. The molecule has 0 aliphatic carbocycles. The molecular weight excluding hydrogens is 785 g/mol. The van der Waals surface area contributed by atoms with Crippen LogP contribution in [0.15, 0.2) is 12.1 Å². The van der Waals surface area contributed by atoms with Gasteiger partial charge in [0.05, 0.1) is 0 Å². The van der Waals surface area contributed by atoms with Crippen molar-refractivity contribution in [3.05, 3.63) is 28.8 Å². The topological polar surface area (TPSA) is 0 Å². The van der Waals surface area contributed by atoms with Crippen molar-refractivity contribution in [2.24, 2.45) is 0 Å². The van der Waals surface area contributed by atoms with Gasteiger partial charge in [0.15, 0.2) is 0 Å². The van der Waals surface area contributed by atoms with Crippen molar-refractivity contribution in [2.45, 2.75) is 177 Å². The number of benzene rings is 1. The van der Waals surface area contributed by atoms with Crippen LogP contribution in [-0.2, 0) is 0 Å². The Kier molecular flexibility index (Phi) is 14.0. The Morgan fingerprint density at radius 2 is 0.614 bits per heavy atom. The summed E-state index contributed by atoms with van der Waals surface area (Å²) in [5.41, 5.74) is 5.65. The fraction of sp³-hybridized carbons (Fsp3) is 0.824. The Bertz CT molecular complexity index is 1060. The molecule has 0 heterocycles. The van der Waals surface area contributed by atoms with Crippen LogP contribution in [-0.4, -0.2) is 90.1 Å². The maximum atomic E-state index is 4.23. The summed E-state index contributed by atoms with van der Waals surface area (Å²) in [5.74, 6) is 0. The van der Waals surface area contributed by atoms with Gasteiger partial charge in [-0.05, 0) is 0 Å². The number of hydrogen-bond acceptors (Lipinski definition) is 0. The van der Waals surface area contributed by atoms with Crippen molar-refractivity contribution in [3.63, 3.8) is 0 Å². The van der Waals surface area contributed by atoms with Crippen LogP contribution in [0, 0.1) is 0 Å². The van der Waals surface area contributed by atoms with Crippen molar-refractivity contribution in [2.75, 3.05) is 0 Å². The van der Waals surface area contributed by atoms with E-state index in [9.17, 15) is 0 Å². The number of hydrogen-bond donors (Lipinski definition) is 0. The summed E-state index contributed by atoms with van der Waals surface area (Å²) >= 11 is 2.41. The molecule has 1 rings (SSSR count). The minimum absolute atomic E-state index is 0.795. The molecule has 0 atom stereocenters. The monoisotopic (exact) mass is 864 g/mol. The van der Waals surface area contributed by atoms with Gasteiger partial charge in [0, 0.05) is 0 Å². The summed E-state index contributed by atoms with van der Waals surface area (Å²) < 4.78 is 2.99. The molecule has 0 fully saturated rings. The zero-order valence-electron chi connectivity index (χ0n) is 34.4. The molecular formula is C34H78GeSeSi8. The van der Waals surface area contributed by atoms with Crippen LogP contribution >= 0.6 is 0 Å². The second-order valence-corrected chi connectivity index (χ2v) is 78.9.